The summed E-state index contributed by atoms with van der Waals surface area (Å²) in [6, 6.07) is 10.4. The van der Waals surface area contributed by atoms with Gasteiger partial charge < -0.3 is 14.8 Å². The number of nitrogens with one attached hydrogen (secondary N) is 1. The first-order valence-electron chi connectivity index (χ1n) is 9.44. The molecule has 1 aliphatic carbocycles. The summed E-state index contributed by atoms with van der Waals surface area (Å²) in [5.41, 5.74) is 3.77. The molecule has 1 saturated heterocycles. The van der Waals surface area contributed by atoms with Crippen LogP contribution < -0.4 is 4.90 Å². The Labute approximate surface area is 149 Å². The van der Waals surface area contributed by atoms with Crippen LogP contribution >= 0.6 is 0 Å². The molecule has 2 heterocycles. The molecule has 1 amide bonds. The lowest BCUT2D eigenvalue weighted by Crippen LogP contribution is -2.48. The van der Waals surface area contributed by atoms with Crippen LogP contribution in [0.4, 0.5) is 5.69 Å². The lowest BCUT2D eigenvalue weighted by atomic mass is 10.0. The van der Waals surface area contributed by atoms with Crippen molar-refractivity contribution < 1.29 is 4.79 Å². The number of H-pyrrole nitrogens is 1. The maximum absolute atomic E-state index is 12.5. The lowest BCUT2D eigenvalue weighted by molar-refractivity contribution is -0.131. The zero-order valence-electron chi connectivity index (χ0n) is 14.7. The van der Waals surface area contributed by atoms with Crippen molar-refractivity contribution in [1.29, 1.82) is 0 Å². The van der Waals surface area contributed by atoms with Crippen molar-refractivity contribution >= 4 is 11.6 Å². The molecular formula is C20H26N4O. The van der Waals surface area contributed by atoms with Crippen LogP contribution in [0.1, 0.15) is 36.5 Å². The molecule has 0 atom stereocenters. The minimum absolute atomic E-state index is 0.252. The maximum atomic E-state index is 12.5. The van der Waals surface area contributed by atoms with Crippen molar-refractivity contribution in [3.8, 4) is 0 Å². The largest absolute Gasteiger partial charge is 0.368 e. The molecule has 0 unspecified atom stereocenters. The number of fused-ring (bicyclic) bond motifs is 1. The molecule has 1 aliphatic heterocycles. The van der Waals surface area contributed by atoms with Gasteiger partial charge in [-0.05, 0) is 37.8 Å². The van der Waals surface area contributed by atoms with E-state index >= 15 is 0 Å². The van der Waals surface area contributed by atoms with Crippen molar-refractivity contribution in [1.82, 2.24) is 14.9 Å². The van der Waals surface area contributed by atoms with E-state index in [1.54, 1.807) is 0 Å². The normalized spacial score (nSPS) is 17.4. The number of hydrogen-bond donors (Lipinski definition) is 1. The van der Waals surface area contributed by atoms with Gasteiger partial charge in [-0.3, -0.25) is 4.79 Å². The fourth-order valence-corrected chi connectivity index (χ4v) is 3.87. The van der Waals surface area contributed by atoms with Crippen LogP contribution in [-0.2, 0) is 24.1 Å². The first kappa shape index (κ1) is 16.2. The van der Waals surface area contributed by atoms with Crippen molar-refractivity contribution in [3.05, 3.63) is 47.5 Å². The van der Waals surface area contributed by atoms with E-state index < -0.39 is 0 Å². The third-order valence-corrected chi connectivity index (χ3v) is 5.33. The smallest absolute Gasteiger partial charge is 0.223 e. The van der Waals surface area contributed by atoms with Crippen LogP contribution in [0.2, 0.25) is 0 Å². The predicted octanol–water partition coefficient (Wildman–Crippen LogP) is 2.57. The second kappa shape index (κ2) is 7.30. The molecule has 0 bridgehead atoms. The Kier molecular flexibility index (Phi) is 4.72. The average Bonchev–Trinajstić information content (AvgIpc) is 3.10. The Morgan fingerprint density at radius 2 is 1.80 bits per heavy atom. The molecule has 5 heteroatoms. The highest BCUT2D eigenvalue weighted by Gasteiger charge is 2.22. The summed E-state index contributed by atoms with van der Waals surface area (Å²) in [5.74, 6) is 1.24. The van der Waals surface area contributed by atoms with Crippen molar-refractivity contribution in [2.24, 2.45) is 0 Å². The van der Waals surface area contributed by atoms with Crippen LogP contribution in [0.3, 0.4) is 0 Å². The van der Waals surface area contributed by atoms with Gasteiger partial charge in [-0.1, -0.05) is 18.2 Å². The SMILES string of the molecule is O=C(CCc1nc2c([nH]1)CCCC2)N1CCN(c2ccccc2)CC1. The van der Waals surface area contributed by atoms with Crippen LogP contribution in [0.5, 0.6) is 0 Å². The molecule has 0 spiro atoms. The average molecular weight is 338 g/mol. The van der Waals surface area contributed by atoms with Crippen LogP contribution in [-0.4, -0.2) is 47.0 Å². The number of benzene rings is 1. The summed E-state index contributed by atoms with van der Waals surface area (Å²) >= 11 is 0. The van der Waals surface area contributed by atoms with Gasteiger partial charge in [0.1, 0.15) is 5.82 Å². The number of anilines is 1. The number of hydrogen-bond acceptors (Lipinski definition) is 3. The van der Waals surface area contributed by atoms with E-state index in [-0.39, 0.29) is 5.91 Å². The molecule has 1 fully saturated rings. The molecule has 5 nitrogen and oxygen atoms in total. The fourth-order valence-electron chi connectivity index (χ4n) is 3.87. The Balaban J connectivity index is 1.27. The summed E-state index contributed by atoms with van der Waals surface area (Å²) in [7, 11) is 0. The molecule has 2 aromatic rings. The minimum Gasteiger partial charge on any atom is -0.368 e. The summed E-state index contributed by atoms with van der Waals surface area (Å²) in [6.07, 6.45) is 5.96. The van der Waals surface area contributed by atoms with Gasteiger partial charge in [0, 0.05) is 50.4 Å². The van der Waals surface area contributed by atoms with E-state index in [0.29, 0.717) is 6.42 Å². The monoisotopic (exact) mass is 338 g/mol. The van der Waals surface area contributed by atoms with E-state index in [9.17, 15) is 4.79 Å². The molecule has 0 saturated carbocycles. The zero-order chi connectivity index (χ0) is 17.1. The van der Waals surface area contributed by atoms with Crippen molar-refractivity contribution in [2.45, 2.75) is 38.5 Å². The molecule has 25 heavy (non-hydrogen) atoms. The molecule has 2 aliphatic rings. The summed E-state index contributed by atoms with van der Waals surface area (Å²) < 4.78 is 0. The van der Waals surface area contributed by atoms with Gasteiger partial charge in [0.25, 0.3) is 0 Å². The van der Waals surface area contributed by atoms with E-state index in [1.165, 1.54) is 29.9 Å². The maximum Gasteiger partial charge on any atom is 0.223 e. The van der Waals surface area contributed by atoms with Gasteiger partial charge in [-0.2, -0.15) is 0 Å². The van der Waals surface area contributed by atoms with Gasteiger partial charge in [0.2, 0.25) is 5.91 Å². The van der Waals surface area contributed by atoms with Crippen molar-refractivity contribution in [3.63, 3.8) is 0 Å². The third kappa shape index (κ3) is 3.70. The second-order valence-corrected chi connectivity index (χ2v) is 7.02. The van der Waals surface area contributed by atoms with Gasteiger partial charge in [-0.25, -0.2) is 4.98 Å². The number of nitrogens with zero attached hydrogens (tertiary/aromatic N) is 3. The van der Waals surface area contributed by atoms with Gasteiger partial charge >= 0.3 is 0 Å². The predicted molar refractivity (Wildman–Crippen MR) is 98.8 cm³/mol. The number of imidazole rings is 1. The van der Waals surface area contributed by atoms with E-state index in [4.69, 9.17) is 0 Å². The molecule has 0 radical (unpaired) electrons. The summed E-state index contributed by atoms with van der Waals surface area (Å²) in [6.45, 7) is 3.43. The first-order valence-corrected chi connectivity index (χ1v) is 9.44. The third-order valence-electron chi connectivity index (χ3n) is 5.33. The van der Waals surface area contributed by atoms with Gasteiger partial charge in [0.05, 0.1) is 5.69 Å². The molecule has 4 rings (SSSR count). The fraction of sp³-hybridized carbons (Fsp3) is 0.500. The minimum atomic E-state index is 0.252. The van der Waals surface area contributed by atoms with E-state index in [2.05, 4.69) is 39.1 Å². The number of carbonyl (C=O) groups excluding carboxylic acids is 1. The quantitative estimate of drug-likeness (QED) is 0.932. The number of aromatic amines is 1. The standard InChI is InChI=1S/C20H26N4O/c25-20(11-10-19-21-17-8-4-5-9-18(17)22-19)24-14-12-23(13-15-24)16-6-2-1-3-7-16/h1-3,6-7H,4-5,8-15H2,(H,21,22). The Bertz CT molecular complexity index is 693. The number of carbonyl (C=O) groups is 1. The first-order chi connectivity index (χ1) is 12.3. The highest BCUT2D eigenvalue weighted by Crippen LogP contribution is 2.20. The number of piperazine rings is 1. The highest BCUT2D eigenvalue weighted by atomic mass is 16.2. The van der Waals surface area contributed by atoms with Crippen molar-refractivity contribution in [2.75, 3.05) is 31.1 Å². The Morgan fingerprint density at radius 1 is 1.04 bits per heavy atom. The van der Waals surface area contributed by atoms with Gasteiger partial charge in [-0.15, -0.1) is 0 Å². The highest BCUT2D eigenvalue weighted by molar-refractivity contribution is 5.76. The Hall–Kier alpha value is -2.30. The van der Waals surface area contributed by atoms with Gasteiger partial charge in [0.15, 0.2) is 0 Å². The topological polar surface area (TPSA) is 52.2 Å². The lowest BCUT2D eigenvalue weighted by Gasteiger charge is -2.36. The van der Waals surface area contributed by atoms with Crippen LogP contribution in [0.15, 0.2) is 30.3 Å². The number of rotatable bonds is 4. The Morgan fingerprint density at radius 3 is 2.56 bits per heavy atom. The van der Waals surface area contributed by atoms with Crippen LogP contribution in [0, 0.1) is 0 Å². The second-order valence-electron chi connectivity index (χ2n) is 7.02. The number of para-hydroxylation sites is 1. The number of amides is 1. The molecule has 1 N–H and O–H groups in total. The van der Waals surface area contributed by atoms with E-state index in [1.807, 2.05) is 11.0 Å². The molecule has 1 aromatic carbocycles. The summed E-state index contributed by atoms with van der Waals surface area (Å²) in [5, 5.41) is 0. The number of aromatic nitrogens is 2. The molecule has 1 aromatic heterocycles. The summed E-state index contributed by atoms with van der Waals surface area (Å²) in [4.78, 5) is 25.0. The van der Waals surface area contributed by atoms with E-state index in [0.717, 1.165) is 51.3 Å². The zero-order valence-corrected chi connectivity index (χ0v) is 14.7. The number of aryl methyl sites for hydroxylation is 3. The van der Waals surface area contributed by atoms with Crippen LogP contribution in [0.25, 0.3) is 0 Å². The molecular weight excluding hydrogens is 312 g/mol. The molecule has 132 valence electrons.